The number of rotatable bonds is 9. The number of para-hydroxylation sites is 1. The summed E-state index contributed by atoms with van der Waals surface area (Å²) in [5.74, 6) is -0.118. The van der Waals surface area contributed by atoms with Crippen molar-refractivity contribution >= 4 is 0 Å². The summed E-state index contributed by atoms with van der Waals surface area (Å²) < 4.78 is 13.7. The molecule has 0 aliphatic rings. The molecule has 2 aromatic rings. The molecule has 0 bridgehead atoms. The van der Waals surface area contributed by atoms with E-state index in [9.17, 15) is 0 Å². The Kier molecular flexibility index (Phi) is 9.60. The predicted octanol–water partition coefficient (Wildman–Crippen LogP) is 4.03. The third-order valence-corrected chi connectivity index (χ3v) is 6.22. The molecule has 3 nitrogen and oxygen atoms in total. The number of ether oxygens (including phenoxy) is 2. The highest BCUT2D eigenvalue weighted by Gasteiger charge is 2.51. The van der Waals surface area contributed by atoms with Crippen molar-refractivity contribution in [2.24, 2.45) is 5.41 Å². The Morgan fingerprint density at radius 1 is 0.875 bits per heavy atom. The first-order chi connectivity index (χ1) is 14.3. The Bertz CT molecular complexity index is 855. The Balaban J connectivity index is 0.00000512. The first-order valence-electron chi connectivity index (χ1n) is 11.6. The van der Waals surface area contributed by atoms with Crippen LogP contribution in [-0.4, -0.2) is 31.7 Å². The number of nitrogens with zero attached hydrogens (tertiary/aromatic N) is 1. The third-order valence-electron chi connectivity index (χ3n) is 6.22. The van der Waals surface area contributed by atoms with Gasteiger partial charge in [0.25, 0.3) is 0 Å². The molecule has 0 saturated carbocycles. The van der Waals surface area contributed by atoms with E-state index >= 15 is 0 Å². The highest BCUT2D eigenvalue weighted by molar-refractivity contribution is 5.38. The maximum absolute atomic E-state index is 6.70. The SMILES string of the molecule is CCOC(Oc1ccccc1)(c1ccc(C(C)(C)CC(C)(C)C)c(C)c1)[N+](C)(C)CC.[Br-]. The summed E-state index contributed by atoms with van der Waals surface area (Å²) >= 11 is 0. The molecule has 0 aliphatic carbocycles. The van der Waals surface area contributed by atoms with Gasteiger partial charge in [0.2, 0.25) is 0 Å². The molecule has 0 saturated heterocycles. The van der Waals surface area contributed by atoms with E-state index in [1.54, 1.807) is 0 Å². The van der Waals surface area contributed by atoms with Gasteiger partial charge < -0.3 is 21.7 Å². The van der Waals surface area contributed by atoms with Crippen LogP contribution in [0.3, 0.4) is 0 Å². The molecule has 0 N–H and O–H groups in total. The average Bonchev–Trinajstić information content (AvgIpc) is 2.66. The van der Waals surface area contributed by atoms with Crippen LogP contribution in [0, 0.1) is 12.3 Å². The van der Waals surface area contributed by atoms with E-state index in [1.165, 1.54) is 11.1 Å². The van der Waals surface area contributed by atoms with Crippen molar-refractivity contribution in [3.05, 3.63) is 65.2 Å². The van der Waals surface area contributed by atoms with Gasteiger partial charge in [0.1, 0.15) is 5.75 Å². The van der Waals surface area contributed by atoms with Crippen LogP contribution in [0.1, 0.15) is 71.6 Å². The van der Waals surface area contributed by atoms with Gasteiger partial charge in [-0.3, -0.25) is 9.22 Å². The molecule has 180 valence electrons. The highest BCUT2D eigenvalue weighted by atomic mass is 79.9. The highest BCUT2D eigenvalue weighted by Crippen LogP contribution is 2.41. The largest absolute Gasteiger partial charge is 1.00 e. The van der Waals surface area contributed by atoms with Gasteiger partial charge in [0, 0.05) is 0 Å². The molecular weight excluding hydrogens is 462 g/mol. The van der Waals surface area contributed by atoms with E-state index in [2.05, 4.69) is 80.8 Å². The molecule has 1 atom stereocenters. The molecule has 2 aromatic carbocycles. The summed E-state index contributed by atoms with van der Waals surface area (Å²) in [5.41, 5.74) is 4.07. The summed E-state index contributed by atoms with van der Waals surface area (Å²) in [6.07, 6.45) is 1.12. The van der Waals surface area contributed by atoms with Crippen LogP contribution in [-0.2, 0) is 16.1 Å². The van der Waals surface area contributed by atoms with Crippen molar-refractivity contribution in [1.82, 2.24) is 0 Å². The fourth-order valence-corrected chi connectivity index (χ4v) is 4.91. The second kappa shape index (κ2) is 10.7. The minimum atomic E-state index is -0.928. The van der Waals surface area contributed by atoms with Crippen LogP contribution in [0.2, 0.25) is 0 Å². The quantitative estimate of drug-likeness (QED) is 0.378. The molecule has 4 heteroatoms. The van der Waals surface area contributed by atoms with Crippen molar-refractivity contribution in [2.75, 3.05) is 27.2 Å². The van der Waals surface area contributed by atoms with E-state index in [0.29, 0.717) is 11.1 Å². The lowest BCUT2D eigenvalue weighted by Crippen LogP contribution is -3.00. The maximum atomic E-state index is 6.70. The molecule has 32 heavy (non-hydrogen) atoms. The molecular formula is C28H44BrNO2. The monoisotopic (exact) mass is 505 g/mol. The summed E-state index contributed by atoms with van der Waals surface area (Å²) in [5, 5.41) is 0. The first-order valence-corrected chi connectivity index (χ1v) is 11.6. The van der Waals surface area contributed by atoms with Crippen molar-refractivity contribution in [1.29, 1.82) is 0 Å². The summed E-state index contributed by atoms with van der Waals surface area (Å²) in [4.78, 5) is 0. The topological polar surface area (TPSA) is 18.5 Å². The zero-order valence-corrected chi connectivity index (χ0v) is 23.5. The van der Waals surface area contributed by atoms with Crippen LogP contribution < -0.4 is 21.7 Å². The van der Waals surface area contributed by atoms with E-state index in [-0.39, 0.29) is 27.8 Å². The van der Waals surface area contributed by atoms with Gasteiger partial charge >= 0.3 is 5.91 Å². The smallest absolute Gasteiger partial charge is 0.389 e. The summed E-state index contributed by atoms with van der Waals surface area (Å²) in [7, 11) is 4.34. The molecule has 0 amide bonds. The Morgan fingerprint density at radius 3 is 1.94 bits per heavy atom. The van der Waals surface area contributed by atoms with Crippen molar-refractivity contribution in [3.8, 4) is 5.75 Å². The van der Waals surface area contributed by atoms with E-state index < -0.39 is 5.91 Å². The lowest BCUT2D eigenvalue weighted by molar-refractivity contribution is -1.000. The van der Waals surface area contributed by atoms with Crippen molar-refractivity contribution < 1.29 is 30.9 Å². The number of quaternary nitrogens is 1. The number of aryl methyl sites for hydroxylation is 1. The molecule has 0 radical (unpaired) electrons. The number of halogens is 1. The van der Waals surface area contributed by atoms with Crippen LogP contribution in [0.25, 0.3) is 0 Å². The molecule has 2 rings (SSSR count). The zero-order chi connectivity index (χ0) is 23.5. The number of hydrogen-bond acceptors (Lipinski definition) is 2. The Morgan fingerprint density at radius 2 is 1.47 bits per heavy atom. The van der Waals surface area contributed by atoms with Gasteiger partial charge in [-0.15, -0.1) is 0 Å². The first kappa shape index (κ1) is 28.7. The van der Waals surface area contributed by atoms with E-state index in [1.807, 2.05) is 37.3 Å². The van der Waals surface area contributed by atoms with Gasteiger partial charge in [-0.2, -0.15) is 0 Å². The summed E-state index contributed by atoms with van der Waals surface area (Å²) in [6.45, 7) is 19.5. The van der Waals surface area contributed by atoms with Crippen LogP contribution in [0.4, 0.5) is 0 Å². The van der Waals surface area contributed by atoms with E-state index in [0.717, 1.165) is 24.3 Å². The second-order valence-electron chi connectivity index (χ2n) is 11.1. The second-order valence-corrected chi connectivity index (χ2v) is 11.1. The van der Waals surface area contributed by atoms with Gasteiger partial charge in [-0.05, 0) is 73.4 Å². The lowest BCUT2D eigenvalue weighted by Gasteiger charge is -2.46. The fraction of sp³-hybridized carbons (Fsp3) is 0.571. The molecule has 0 fully saturated rings. The molecule has 0 aromatic heterocycles. The number of benzene rings is 2. The van der Waals surface area contributed by atoms with Crippen LogP contribution in [0.5, 0.6) is 5.75 Å². The van der Waals surface area contributed by atoms with Crippen LogP contribution in [0.15, 0.2) is 48.5 Å². The van der Waals surface area contributed by atoms with Crippen molar-refractivity contribution in [2.45, 2.75) is 73.1 Å². The fourth-order valence-electron chi connectivity index (χ4n) is 4.91. The zero-order valence-electron chi connectivity index (χ0n) is 21.9. The third kappa shape index (κ3) is 6.36. The standard InChI is InChI=1S/C28H44NO2.BrH/c1-11-29(9,10)28(30-12-2,31-24-16-14-13-15-17-24)23-18-19-25(22(3)20-23)27(7,8)21-26(4,5)6;/h13-20H,11-12,21H2,1-10H3;1H/q+1;/p-1. The maximum Gasteiger partial charge on any atom is 0.389 e. The van der Waals surface area contributed by atoms with Gasteiger partial charge in [-0.25, -0.2) is 0 Å². The Labute approximate surface area is 207 Å². The average molecular weight is 507 g/mol. The van der Waals surface area contributed by atoms with Gasteiger partial charge in [0.05, 0.1) is 32.8 Å². The van der Waals surface area contributed by atoms with E-state index in [4.69, 9.17) is 9.47 Å². The van der Waals surface area contributed by atoms with Crippen molar-refractivity contribution in [3.63, 3.8) is 0 Å². The molecule has 0 heterocycles. The summed E-state index contributed by atoms with van der Waals surface area (Å²) in [6, 6.07) is 16.8. The minimum Gasteiger partial charge on any atom is -1.00 e. The van der Waals surface area contributed by atoms with Crippen LogP contribution >= 0.6 is 0 Å². The van der Waals surface area contributed by atoms with Gasteiger partial charge in [-0.1, -0.05) is 58.9 Å². The molecule has 1 unspecified atom stereocenters. The van der Waals surface area contributed by atoms with Gasteiger partial charge in [0.15, 0.2) is 0 Å². The molecule has 0 aliphatic heterocycles. The molecule has 0 spiro atoms. The normalized spacial score (nSPS) is 14.4. The minimum absolute atomic E-state index is 0. The Hall–Kier alpha value is -1.36. The predicted molar refractivity (Wildman–Crippen MR) is 131 cm³/mol. The lowest BCUT2D eigenvalue weighted by atomic mass is 9.71. The number of hydrogen-bond donors (Lipinski definition) is 0.